The highest BCUT2D eigenvalue weighted by atomic mass is 32.2. The number of carbonyl (C=O) groups excluding carboxylic acids is 2. The number of benzene rings is 1. The Morgan fingerprint density at radius 3 is 2.70 bits per heavy atom. The van der Waals surface area contributed by atoms with E-state index in [0.717, 1.165) is 18.4 Å². The second-order valence-corrected chi connectivity index (χ2v) is 8.47. The predicted octanol–water partition coefficient (Wildman–Crippen LogP) is 0.761. The van der Waals surface area contributed by atoms with Crippen LogP contribution in [0, 0.1) is 0 Å². The molecule has 1 aliphatic heterocycles. The van der Waals surface area contributed by atoms with Gasteiger partial charge in [-0.1, -0.05) is 30.3 Å². The van der Waals surface area contributed by atoms with Gasteiger partial charge in [-0.3, -0.25) is 14.5 Å². The summed E-state index contributed by atoms with van der Waals surface area (Å²) in [6, 6.07) is 8.89. The first-order valence-corrected chi connectivity index (χ1v) is 11.6. The Morgan fingerprint density at radius 1 is 1.33 bits per heavy atom. The molecule has 1 aromatic rings. The van der Waals surface area contributed by atoms with Gasteiger partial charge in [0, 0.05) is 25.7 Å². The molecular weight excluding hydrogens is 404 g/mol. The number of carboxylic acids is 1. The summed E-state index contributed by atoms with van der Waals surface area (Å²) in [5.74, 6) is -0.773. The molecular formula is C21H32N4O4S. The third-order valence-electron chi connectivity index (χ3n) is 5.20. The molecule has 8 nitrogen and oxygen atoms in total. The van der Waals surface area contributed by atoms with Crippen LogP contribution in [0.2, 0.25) is 0 Å². The van der Waals surface area contributed by atoms with Gasteiger partial charge in [0.2, 0.25) is 11.8 Å². The van der Waals surface area contributed by atoms with Crippen LogP contribution in [-0.4, -0.2) is 83.0 Å². The summed E-state index contributed by atoms with van der Waals surface area (Å²) < 4.78 is 0. The quantitative estimate of drug-likeness (QED) is 0.443. The number of likely N-dealkylation sites (tertiary alicyclic amines) is 1. The van der Waals surface area contributed by atoms with Crippen molar-refractivity contribution in [2.45, 2.75) is 37.9 Å². The molecule has 9 heteroatoms. The fourth-order valence-corrected chi connectivity index (χ4v) is 4.20. The maximum Gasteiger partial charge on any atom is 0.326 e. The molecule has 1 aromatic carbocycles. The molecule has 30 heavy (non-hydrogen) atoms. The Kier molecular flexibility index (Phi) is 10.1. The molecule has 2 amide bonds. The molecule has 2 atom stereocenters. The van der Waals surface area contributed by atoms with Crippen molar-refractivity contribution in [2.24, 2.45) is 5.73 Å². The van der Waals surface area contributed by atoms with E-state index in [1.165, 1.54) is 0 Å². The minimum atomic E-state index is -1.03. The van der Waals surface area contributed by atoms with Crippen molar-refractivity contribution in [3.05, 3.63) is 35.9 Å². The van der Waals surface area contributed by atoms with Gasteiger partial charge in [0.05, 0.1) is 13.1 Å². The van der Waals surface area contributed by atoms with Gasteiger partial charge in [0.1, 0.15) is 6.04 Å². The van der Waals surface area contributed by atoms with Crippen LogP contribution in [0.3, 0.4) is 0 Å². The zero-order valence-corrected chi connectivity index (χ0v) is 18.3. The van der Waals surface area contributed by atoms with Gasteiger partial charge in [-0.25, -0.2) is 4.79 Å². The standard InChI is InChI=1S/C21H32N4O4S/c1-30-11-9-18(21(28)29)23-19(26)15-24(13-16-6-3-2-4-7-16)14-17-8-5-10-25(17)20(27)12-22/h2-4,6-7,17-18H,5,8-15,22H2,1H3,(H,23,26)(H,28,29)/t17-,18?/m0/s1. The highest BCUT2D eigenvalue weighted by Gasteiger charge is 2.30. The normalized spacial score (nSPS) is 17.2. The van der Waals surface area contributed by atoms with E-state index in [9.17, 15) is 19.5 Å². The molecule has 0 bridgehead atoms. The monoisotopic (exact) mass is 436 g/mol. The Morgan fingerprint density at radius 2 is 2.07 bits per heavy atom. The average molecular weight is 437 g/mol. The van der Waals surface area contributed by atoms with Gasteiger partial charge in [0.25, 0.3) is 0 Å². The van der Waals surface area contributed by atoms with Crippen molar-refractivity contribution in [2.75, 3.05) is 38.2 Å². The summed E-state index contributed by atoms with van der Waals surface area (Å²) in [6.45, 7) is 1.81. The van der Waals surface area contributed by atoms with E-state index in [1.54, 1.807) is 16.7 Å². The number of thioether (sulfide) groups is 1. The fraction of sp³-hybridized carbons (Fsp3) is 0.571. The SMILES string of the molecule is CSCCC(NC(=O)CN(Cc1ccccc1)C[C@@H]1CCCN1C(=O)CN)C(=O)O. The van der Waals surface area contributed by atoms with E-state index in [4.69, 9.17) is 5.73 Å². The van der Waals surface area contributed by atoms with E-state index in [0.29, 0.717) is 31.8 Å². The second kappa shape index (κ2) is 12.6. The molecule has 2 rings (SSSR count). The van der Waals surface area contributed by atoms with Crippen molar-refractivity contribution in [3.8, 4) is 0 Å². The highest BCUT2D eigenvalue weighted by Crippen LogP contribution is 2.19. The van der Waals surface area contributed by atoms with Crippen LogP contribution in [0.1, 0.15) is 24.8 Å². The number of hydrogen-bond donors (Lipinski definition) is 3. The second-order valence-electron chi connectivity index (χ2n) is 7.48. The van der Waals surface area contributed by atoms with Crippen LogP contribution in [0.4, 0.5) is 0 Å². The van der Waals surface area contributed by atoms with Crippen LogP contribution in [0.25, 0.3) is 0 Å². The molecule has 1 fully saturated rings. The summed E-state index contributed by atoms with van der Waals surface area (Å²) in [5.41, 5.74) is 6.60. The first-order valence-electron chi connectivity index (χ1n) is 10.2. The first kappa shape index (κ1) is 24.2. The summed E-state index contributed by atoms with van der Waals surface area (Å²) in [6.07, 6.45) is 4.06. The molecule has 1 heterocycles. The minimum Gasteiger partial charge on any atom is -0.480 e. The highest BCUT2D eigenvalue weighted by molar-refractivity contribution is 7.98. The molecule has 0 saturated carbocycles. The number of amides is 2. The number of nitrogens with one attached hydrogen (secondary N) is 1. The van der Waals surface area contributed by atoms with Crippen LogP contribution in [0.15, 0.2) is 30.3 Å². The summed E-state index contributed by atoms with van der Waals surface area (Å²) in [5, 5.41) is 12.0. The molecule has 0 spiro atoms. The lowest BCUT2D eigenvalue weighted by molar-refractivity contribution is -0.142. The van der Waals surface area contributed by atoms with Gasteiger partial charge in [-0.15, -0.1) is 0 Å². The lowest BCUT2D eigenvalue weighted by Crippen LogP contribution is -2.49. The van der Waals surface area contributed by atoms with Crippen molar-refractivity contribution < 1.29 is 19.5 Å². The molecule has 0 aliphatic carbocycles. The summed E-state index contributed by atoms with van der Waals surface area (Å²) in [4.78, 5) is 40.0. The molecule has 1 aliphatic rings. The Hall–Kier alpha value is -2.10. The third kappa shape index (κ3) is 7.62. The predicted molar refractivity (Wildman–Crippen MR) is 118 cm³/mol. The van der Waals surface area contributed by atoms with Crippen molar-refractivity contribution >= 4 is 29.5 Å². The summed E-state index contributed by atoms with van der Waals surface area (Å²) in [7, 11) is 0. The average Bonchev–Trinajstić information content (AvgIpc) is 3.19. The van der Waals surface area contributed by atoms with Crippen LogP contribution < -0.4 is 11.1 Å². The first-order chi connectivity index (χ1) is 14.4. The zero-order valence-electron chi connectivity index (χ0n) is 17.5. The van der Waals surface area contributed by atoms with E-state index in [-0.39, 0.29) is 30.9 Å². The van der Waals surface area contributed by atoms with E-state index < -0.39 is 12.0 Å². The zero-order chi connectivity index (χ0) is 21.9. The van der Waals surface area contributed by atoms with Gasteiger partial charge in [0.15, 0.2) is 0 Å². The molecule has 1 unspecified atom stereocenters. The maximum absolute atomic E-state index is 12.6. The van der Waals surface area contributed by atoms with Crippen molar-refractivity contribution in [3.63, 3.8) is 0 Å². The topological polar surface area (TPSA) is 116 Å². The number of carboxylic acid groups (broad SMARTS) is 1. The summed E-state index contributed by atoms with van der Waals surface area (Å²) >= 11 is 1.54. The van der Waals surface area contributed by atoms with E-state index in [2.05, 4.69) is 5.32 Å². The lowest BCUT2D eigenvalue weighted by Gasteiger charge is -2.31. The smallest absolute Gasteiger partial charge is 0.326 e. The van der Waals surface area contributed by atoms with Crippen molar-refractivity contribution in [1.82, 2.24) is 15.1 Å². The molecule has 166 valence electrons. The molecule has 4 N–H and O–H groups in total. The minimum absolute atomic E-state index is 0.00400. The third-order valence-corrected chi connectivity index (χ3v) is 5.85. The van der Waals surface area contributed by atoms with Crippen LogP contribution in [0.5, 0.6) is 0 Å². The van der Waals surface area contributed by atoms with E-state index in [1.807, 2.05) is 41.5 Å². The van der Waals surface area contributed by atoms with Crippen molar-refractivity contribution in [1.29, 1.82) is 0 Å². The van der Waals surface area contributed by atoms with E-state index >= 15 is 0 Å². The van der Waals surface area contributed by atoms with Crippen LogP contribution in [-0.2, 0) is 20.9 Å². The maximum atomic E-state index is 12.6. The van der Waals surface area contributed by atoms with Gasteiger partial charge >= 0.3 is 5.97 Å². The van der Waals surface area contributed by atoms with Crippen LogP contribution >= 0.6 is 11.8 Å². The Balaban J connectivity index is 2.06. The largest absolute Gasteiger partial charge is 0.480 e. The number of nitrogens with two attached hydrogens (primary N) is 1. The molecule has 1 saturated heterocycles. The Bertz CT molecular complexity index is 704. The van der Waals surface area contributed by atoms with Gasteiger partial charge in [-0.2, -0.15) is 11.8 Å². The number of carbonyl (C=O) groups is 3. The fourth-order valence-electron chi connectivity index (χ4n) is 3.73. The Labute approximate surface area is 182 Å². The van der Waals surface area contributed by atoms with Gasteiger partial charge in [-0.05, 0) is 36.8 Å². The number of rotatable bonds is 12. The molecule has 0 aromatic heterocycles. The number of nitrogens with zero attached hydrogens (tertiary/aromatic N) is 2. The van der Waals surface area contributed by atoms with Gasteiger partial charge < -0.3 is 21.1 Å². The lowest BCUT2D eigenvalue weighted by atomic mass is 10.1. The number of hydrogen-bond acceptors (Lipinski definition) is 6. The molecule has 0 radical (unpaired) electrons. The number of aliphatic carboxylic acids is 1.